The zero-order chi connectivity index (χ0) is 32.5. The number of ether oxygens (including phenoxy) is 2. The van der Waals surface area contributed by atoms with Gasteiger partial charge in [-0.15, -0.1) is 0 Å². The van der Waals surface area contributed by atoms with Gasteiger partial charge in [0.1, 0.15) is 5.75 Å². The number of unbranched alkanes of at least 4 members (excludes halogenated alkanes) is 18. The van der Waals surface area contributed by atoms with Gasteiger partial charge in [-0.3, -0.25) is 0 Å². The molecule has 0 amide bonds. The molecule has 0 N–H and O–H groups in total. The third-order valence-corrected chi connectivity index (χ3v) is 9.42. The Bertz CT molecular complexity index is 1130. The Kier molecular flexibility index (Phi) is 20.2. The number of hydrogen-bond acceptors (Lipinski definition) is 2. The smallest absolute Gasteiger partial charge is 0.119 e. The summed E-state index contributed by atoms with van der Waals surface area (Å²) in [5.74, 6) is 0.966. The molecule has 3 aromatic carbocycles. The molecule has 1 unspecified atom stereocenters. The van der Waals surface area contributed by atoms with Crippen molar-refractivity contribution in [3.8, 4) is 28.0 Å². The Morgan fingerprint density at radius 2 is 0.826 bits per heavy atom. The van der Waals surface area contributed by atoms with Crippen molar-refractivity contribution in [2.75, 3.05) is 13.2 Å². The number of hydrogen-bond donors (Lipinski definition) is 0. The summed E-state index contributed by atoms with van der Waals surface area (Å²) in [6, 6.07) is 26.3. The van der Waals surface area contributed by atoms with Crippen LogP contribution in [0.2, 0.25) is 0 Å². The van der Waals surface area contributed by atoms with E-state index in [1.807, 2.05) is 0 Å². The van der Waals surface area contributed by atoms with Crippen molar-refractivity contribution in [2.24, 2.45) is 0 Å². The van der Waals surface area contributed by atoms with Crippen LogP contribution in [0, 0.1) is 0 Å². The van der Waals surface area contributed by atoms with Gasteiger partial charge in [0.05, 0.1) is 12.7 Å². The minimum absolute atomic E-state index is 0.121. The lowest BCUT2D eigenvalue weighted by atomic mass is 9.94. The highest BCUT2D eigenvalue weighted by molar-refractivity contribution is 5.83. The first-order valence-corrected chi connectivity index (χ1v) is 19.3. The summed E-state index contributed by atoms with van der Waals surface area (Å²) in [5.41, 5.74) is 6.22. The molecule has 0 fully saturated rings. The van der Waals surface area contributed by atoms with E-state index in [-0.39, 0.29) is 6.10 Å². The van der Waals surface area contributed by atoms with Crippen LogP contribution < -0.4 is 4.74 Å². The average Bonchev–Trinajstić information content (AvgIpc) is 3.10. The van der Waals surface area contributed by atoms with E-state index in [4.69, 9.17) is 9.47 Å². The lowest BCUT2D eigenvalue weighted by Crippen LogP contribution is -2.02. The monoisotopic (exact) mass is 627 g/mol. The molecular formula is C44H66O2. The Hall–Kier alpha value is -2.58. The number of rotatable bonds is 27. The van der Waals surface area contributed by atoms with E-state index in [1.165, 1.54) is 143 Å². The quantitative estimate of drug-likeness (QED) is 0.0784. The van der Waals surface area contributed by atoms with Crippen LogP contribution in [0.15, 0.2) is 72.8 Å². The molecular weight excluding hydrogens is 560 g/mol. The maximum Gasteiger partial charge on any atom is 0.119 e. The van der Waals surface area contributed by atoms with Gasteiger partial charge in [-0.2, -0.15) is 0 Å². The molecule has 46 heavy (non-hydrogen) atoms. The molecule has 2 nitrogen and oxygen atoms in total. The van der Waals surface area contributed by atoms with E-state index in [1.54, 1.807) is 0 Å². The van der Waals surface area contributed by atoms with Crippen LogP contribution in [0.25, 0.3) is 22.3 Å². The van der Waals surface area contributed by atoms with Crippen molar-refractivity contribution >= 4 is 0 Å². The standard InChI is InChI=1S/C44H66O2/c1-4-6-8-10-12-14-16-18-20-24-36-45-38(3)39-28-30-40(31-29-39)43-26-22-23-27-44(43)41-32-34-42(35-33-41)46-37-25-21-19-17-15-13-11-9-7-5-2/h22-23,26-35,38H,4-21,24-25,36-37H2,1-3H3. The summed E-state index contributed by atoms with van der Waals surface area (Å²) in [6.07, 6.45) is 27.1. The molecule has 0 spiro atoms. The highest BCUT2D eigenvalue weighted by Crippen LogP contribution is 2.34. The van der Waals surface area contributed by atoms with E-state index in [0.29, 0.717) is 0 Å². The highest BCUT2D eigenvalue weighted by atomic mass is 16.5. The summed E-state index contributed by atoms with van der Waals surface area (Å²) in [7, 11) is 0. The van der Waals surface area contributed by atoms with Gasteiger partial charge < -0.3 is 9.47 Å². The molecule has 0 aliphatic carbocycles. The zero-order valence-corrected chi connectivity index (χ0v) is 29.9. The SMILES string of the molecule is CCCCCCCCCCCCOc1ccc(-c2ccccc2-c2ccc(C(C)OCCCCCCCCCCCC)cc2)cc1. The summed E-state index contributed by atoms with van der Waals surface area (Å²) in [4.78, 5) is 0. The van der Waals surface area contributed by atoms with Crippen molar-refractivity contribution in [3.05, 3.63) is 78.4 Å². The fraction of sp³-hybridized carbons (Fsp3) is 0.591. The Morgan fingerprint density at radius 1 is 0.435 bits per heavy atom. The molecule has 0 bridgehead atoms. The third kappa shape index (κ3) is 15.3. The summed E-state index contributed by atoms with van der Waals surface area (Å²) in [6.45, 7) is 8.40. The fourth-order valence-electron chi connectivity index (χ4n) is 6.38. The lowest BCUT2D eigenvalue weighted by Gasteiger charge is -2.15. The molecule has 1 atom stereocenters. The van der Waals surface area contributed by atoms with Crippen LogP contribution >= 0.6 is 0 Å². The third-order valence-electron chi connectivity index (χ3n) is 9.42. The van der Waals surface area contributed by atoms with Crippen molar-refractivity contribution in [2.45, 2.75) is 155 Å². The van der Waals surface area contributed by atoms with E-state index < -0.39 is 0 Å². The van der Waals surface area contributed by atoms with Gasteiger partial charge in [-0.05, 0) is 59.7 Å². The molecule has 254 valence electrons. The molecule has 0 saturated heterocycles. The topological polar surface area (TPSA) is 18.5 Å². The first-order chi connectivity index (χ1) is 22.7. The van der Waals surface area contributed by atoms with Crippen LogP contribution in [-0.4, -0.2) is 13.2 Å². The first kappa shape index (κ1) is 37.9. The molecule has 3 rings (SSSR count). The van der Waals surface area contributed by atoms with Gasteiger partial charge in [0.15, 0.2) is 0 Å². The molecule has 2 heteroatoms. The van der Waals surface area contributed by atoms with Crippen molar-refractivity contribution in [3.63, 3.8) is 0 Å². The minimum Gasteiger partial charge on any atom is -0.494 e. The second kappa shape index (κ2) is 24.6. The van der Waals surface area contributed by atoms with Gasteiger partial charge >= 0.3 is 0 Å². The van der Waals surface area contributed by atoms with Gasteiger partial charge in [-0.25, -0.2) is 0 Å². The van der Waals surface area contributed by atoms with Crippen LogP contribution in [0.4, 0.5) is 0 Å². The van der Waals surface area contributed by atoms with Crippen molar-refractivity contribution in [1.29, 1.82) is 0 Å². The normalized spacial score (nSPS) is 12.0. The van der Waals surface area contributed by atoms with E-state index in [0.717, 1.165) is 31.8 Å². The van der Waals surface area contributed by atoms with Gasteiger partial charge in [0.2, 0.25) is 0 Å². The Labute approximate surface area is 283 Å². The molecule has 0 radical (unpaired) electrons. The second-order valence-electron chi connectivity index (χ2n) is 13.4. The molecule has 3 aromatic rings. The van der Waals surface area contributed by atoms with Gasteiger partial charge in [0.25, 0.3) is 0 Å². The molecule has 0 aliphatic rings. The fourth-order valence-corrected chi connectivity index (χ4v) is 6.38. The van der Waals surface area contributed by atoms with Crippen LogP contribution in [0.1, 0.15) is 161 Å². The van der Waals surface area contributed by atoms with Crippen molar-refractivity contribution < 1.29 is 9.47 Å². The van der Waals surface area contributed by atoms with Gasteiger partial charge in [-0.1, -0.05) is 190 Å². The lowest BCUT2D eigenvalue weighted by molar-refractivity contribution is 0.0627. The minimum atomic E-state index is 0.121. The predicted octanol–water partition coefficient (Wildman–Crippen LogP) is 14.3. The summed E-state index contributed by atoms with van der Waals surface area (Å²) in [5, 5.41) is 0. The highest BCUT2D eigenvalue weighted by Gasteiger charge is 2.10. The van der Waals surface area contributed by atoms with Crippen molar-refractivity contribution in [1.82, 2.24) is 0 Å². The Morgan fingerprint density at radius 3 is 1.28 bits per heavy atom. The zero-order valence-electron chi connectivity index (χ0n) is 29.9. The second-order valence-corrected chi connectivity index (χ2v) is 13.4. The maximum absolute atomic E-state index is 6.21. The van der Waals surface area contributed by atoms with E-state index in [9.17, 15) is 0 Å². The first-order valence-electron chi connectivity index (χ1n) is 19.3. The predicted molar refractivity (Wildman–Crippen MR) is 201 cm³/mol. The molecule has 0 aromatic heterocycles. The Balaban J connectivity index is 1.37. The molecule has 0 saturated carbocycles. The van der Waals surface area contributed by atoms with Crippen LogP contribution in [0.3, 0.4) is 0 Å². The van der Waals surface area contributed by atoms with Crippen LogP contribution in [0.5, 0.6) is 5.75 Å². The summed E-state index contributed by atoms with van der Waals surface area (Å²) < 4.78 is 12.3. The largest absolute Gasteiger partial charge is 0.494 e. The summed E-state index contributed by atoms with van der Waals surface area (Å²) >= 11 is 0. The average molecular weight is 627 g/mol. The maximum atomic E-state index is 6.21. The van der Waals surface area contributed by atoms with Crippen LogP contribution in [-0.2, 0) is 4.74 Å². The van der Waals surface area contributed by atoms with Gasteiger partial charge in [0, 0.05) is 6.61 Å². The molecule has 0 heterocycles. The van der Waals surface area contributed by atoms with E-state index in [2.05, 4.69) is 93.6 Å². The number of benzene rings is 3. The van der Waals surface area contributed by atoms with E-state index >= 15 is 0 Å². The molecule has 0 aliphatic heterocycles.